The summed E-state index contributed by atoms with van der Waals surface area (Å²) in [5.74, 6) is -0.298. The molecular formula is C16H12IN5O4. The lowest BCUT2D eigenvalue weighted by Crippen LogP contribution is -2.20. The van der Waals surface area contributed by atoms with E-state index in [4.69, 9.17) is 20.9 Å². The van der Waals surface area contributed by atoms with Crippen molar-refractivity contribution in [1.29, 1.82) is 10.5 Å². The number of hydrogen-bond donors (Lipinski definition) is 3. The number of pyridine rings is 1. The summed E-state index contributed by atoms with van der Waals surface area (Å²) < 4.78 is 11.1. The van der Waals surface area contributed by atoms with E-state index in [0.717, 1.165) is 0 Å². The highest BCUT2D eigenvalue weighted by molar-refractivity contribution is 14.1. The summed E-state index contributed by atoms with van der Waals surface area (Å²) in [4.78, 5) is 25.3. The van der Waals surface area contributed by atoms with Crippen molar-refractivity contribution in [2.24, 2.45) is 5.73 Å². The van der Waals surface area contributed by atoms with Gasteiger partial charge in [0.1, 0.15) is 29.1 Å². The highest BCUT2D eigenvalue weighted by Gasteiger charge is 2.21. The summed E-state index contributed by atoms with van der Waals surface area (Å²) in [6, 6.07) is 6.74. The molecule has 0 aliphatic rings. The number of amides is 1. The second kappa shape index (κ2) is 7.76. The van der Waals surface area contributed by atoms with E-state index in [1.165, 1.54) is 13.2 Å². The summed E-state index contributed by atoms with van der Waals surface area (Å²) in [6.45, 7) is -0.351. The van der Waals surface area contributed by atoms with Gasteiger partial charge in [-0.2, -0.15) is 10.5 Å². The minimum atomic E-state index is -0.706. The number of rotatable bonds is 5. The van der Waals surface area contributed by atoms with E-state index in [1.54, 1.807) is 12.1 Å². The molecule has 0 saturated carbocycles. The standard InChI is InChI=1S/C16H12IN5O4/c1-25-11-3-7(2-10(17)14(11)26-6-12(20)23)13-8(4-18)15(21)22-16(24)9(13)5-19/h2-3H,6H2,1H3,(H2,20,23)(H3,21,22,24). The molecule has 0 spiro atoms. The Morgan fingerprint density at radius 2 is 1.96 bits per heavy atom. The molecule has 2 rings (SSSR count). The van der Waals surface area contributed by atoms with E-state index in [1.807, 2.05) is 28.7 Å². The van der Waals surface area contributed by atoms with Crippen LogP contribution in [0.15, 0.2) is 16.9 Å². The van der Waals surface area contributed by atoms with Crippen molar-refractivity contribution in [3.63, 3.8) is 0 Å². The topological polar surface area (TPSA) is 168 Å². The lowest BCUT2D eigenvalue weighted by molar-refractivity contribution is -0.119. The summed E-state index contributed by atoms with van der Waals surface area (Å²) in [5, 5.41) is 18.7. The van der Waals surface area contributed by atoms with Gasteiger partial charge in [0.15, 0.2) is 18.1 Å². The maximum absolute atomic E-state index is 12.0. The van der Waals surface area contributed by atoms with E-state index >= 15 is 0 Å². The fraction of sp³-hybridized carbons (Fsp3) is 0.125. The fourth-order valence-corrected chi connectivity index (χ4v) is 3.04. The van der Waals surface area contributed by atoms with Crippen LogP contribution in [0.25, 0.3) is 11.1 Å². The molecule has 0 aliphatic heterocycles. The van der Waals surface area contributed by atoms with Crippen molar-refractivity contribution < 1.29 is 14.3 Å². The van der Waals surface area contributed by atoms with Crippen molar-refractivity contribution in [1.82, 2.24) is 4.98 Å². The van der Waals surface area contributed by atoms with E-state index in [0.29, 0.717) is 9.13 Å². The van der Waals surface area contributed by atoms with Crippen molar-refractivity contribution in [2.45, 2.75) is 0 Å². The number of nitriles is 2. The van der Waals surface area contributed by atoms with Gasteiger partial charge in [0, 0.05) is 5.56 Å². The Morgan fingerprint density at radius 1 is 1.31 bits per heavy atom. The molecule has 0 aliphatic carbocycles. The number of nitrogens with two attached hydrogens (primary N) is 2. The first kappa shape index (κ1) is 19.1. The van der Waals surface area contributed by atoms with Gasteiger partial charge in [-0.05, 0) is 40.3 Å². The fourth-order valence-electron chi connectivity index (χ4n) is 2.28. The lowest BCUT2D eigenvalue weighted by Gasteiger charge is -2.15. The molecule has 0 atom stereocenters. The number of H-pyrrole nitrogens is 1. The van der Waals surface area contributed by atoms with Crippen molar-refractivity contribution >= 4 is 34.3 Å². The minimum absolute atomic E-state index is 0.0372. The number of nitrogens with one attached hydrogen (secondary N) is 1. The first-order valence-electron chi connectivity index (χ1n) is 6.99. The molecule has 1 heterocycles. The number of ether oxygens (including phenoxy) is 2. The largest absolute Gasteiger partial charge is 0.493 e. The van der Waals surface area contributed by atoms with Gasteiger partial charge in [-0.15, -0.1) is 0 Å². The van der Waals surface area contributed by atoms with E-state index in [9.17, 15) is 20.1 Å². The Bertz CT molecular complexity index is 1030. The normalized spacial score (nSPS) is 9.85. The summed E-state index contributed by atoms with van der Waals surface area (Å²) in [7, 11) is 1.38. The zero-order chi connectivity index (χ0) is 19.4. The van der Waals surface area contributed by atoms with Gasteiger partial charge in [-0.1, -0.05) is 0 Å². The molecule has 0 unspecified atom stereocenters. The zero-order valence-corrected chi connectivity index (χ0v) is 15.6. The number of hydrogen-bond acceptors (Lipinski definition) is 7. The quantitative estimate of drug-likeness (QED) is 0.550. The average molecular weight is 465 g/mol. The summed E-state index contributed by atoms with van der Waals surface area (Å²) in [5.41, 5.74) is 10.3. The van der Waals surface area contributed by atoms with Crippen LogP contribution in [-0.4, -0.2) is 24.6 Å². The Morgan fingerprint density at radius 3 is 2.50 bits per heavy atom. The Kier molecular flexibility index (Phi) is 5.69. The van der Waals surface area contributed by atoms with Gasteiger partial charge in [0.05, 0.1) is 10.7 Å². The lowest BCUT2D eigenvalue weighted by atomic mass is 9.96. The number of halogens is 1. The molecule has 9 nitrogen and oxygen atoms in total. The third-order valence-corrected chi connectivity index (χ3v) is 4.15. The maximum Gasteiger partial charge on any atom is 0.268 e. The molecule has 2 aromatic rings. The van der Waals surface area contributed by atoms with Crippen LogP contribution in [0.2, 0.25) is 0 Å². The van der Waals surface area contributed by atoms with E-state index in [2.05, 4.69) is 4.98 Å². The van der Waals surface area contributed by atoms with E-state index < -0.39 is 11.5 Å². The molecule has 5 N–H and O–H groups in total. The molecule has 1 aromatic carbocycles. The van der Waals surface area contributed by atoms with Gasteiger partial charge in [-0.3, -0.25) is 9.59 Å². The third-order valence-electron chi connectivity index (χ3n) is 3.35. The van der Waals surface area contributed by atoms with Gasteiger partial charge in [0.25, 0.3) is 11.5 Å². The molecule has 0 saturated heterocycles. The second-order valence-electron chi connectivity index (χ2n) is 4.96. The summed E-state index contributed by atoms with van der Waals surface area (Å²) >= 11 is 1.93. The van der Waals surface area contributed by atoms with Crippen LogP contribution in [0.5, 0.6) is 11.5 Å². The smallest absolute Gasteiger partial charge is 0.268 e. The Labute approximate surface area is 161 Å². The number of anilines is 1. The number of nitrogen functional groups attached to an aromatic ring is 1. The Balaban J connectivity index is 2.77. The highest BCUT2D eigenvalue weighted by Crippen LogP contribution is 2.39. The first-order chi connectivity index (χ1) is 12.3. The predicted molar refractivity (Wildman–Crippen MR) is 100 cm³/mol. The minimum Gasteiger partial charge on any atom is -0.493 e. The maximum atomic E-state index is 12.0. The molecule has 0 bridgehead atoms. The predicted octanol–water partition coefficient (Wildman–Crippen LogP) is 0.845. The molecular weight excluding hydrogens is 453 g/mol. The molecule has 0 radical (unpaired) electrons. The Hall–Kier alpha value is -3.25. The van der Waals surface area contributed by atoms with Crippen LogP contribution < -0.4 is 26.5 Å². The number of aromatic nitrogens is 1. The van der Waals surface area contributed by atoms with Crippen LogP contribution in [0.4, 0.5) is 5.82 Å². The van der Waals surface area contributed by atoms with Crippen LogP contribution in [0.3, 0.4) is 0 Å². The van der Waals surface area contributed by atoms with Crippen LogP contribution in [0, 0.1) is 26.2 Å². The van der Waals surface area contributed by atoms with Crippen molar-refractivity contribution in [3.05, 3.63) is 37.2 Å². The van der Waals surface area contributed by atoms with Crippen LogP contribution in [-0.2, 0) is 4.79 Å². The SMILES string of the molecule is COc1cc(-c2c(C#N)c(N)[nH]c(=O)c2C#N)cc(I)c1OCC(N)=O. The zero-order valence-electron chi connectivity index (χ0n) is 13.4. The number of primary amides is 1. The molecule has 1 aromatic heterocycles. The number of aromatic amines is 1. The van der Waals surface area contributed by atoms with Gasteiger partial charge < -0.3 is 25.9 Å². The van der Waals surface area contributed by atoms with Crippen LogP contribution in [0.1, 0.15) is 11.1 Å². The van der Waals surface area contributed by atoms with Crippen LogP contribution >= 0.6 is 22.6 Å². The number of methoxy groups -OCH3 is 1. The number of nitrogens with zero attached hydrogens (tertiary/aromatic N) is 2. The monoisotopic (exact) mass is 465 g/mol. The van der Waals surface area contributed by atoms with Crippen molar-refractivity contribution in [2.75, 3.05) is 19.5 Å². The summed E-state index contributed by atoms with van der Waals surface area (Å²) in [6.07, 6.45) is 0. The molecule has 0 fully saturated rings. The van der Waals surface area contributed by atoms with Gasteiger partial charge >= 0.3 is 0 Å². The number of benzene rings is 1. The average Bonchev–Trinajstić information content (AvgIpc) is 2.59. The van der Waals surface area contributed by atoms with Crippen molar-refractivity contribution in [3.8, 4) is 34.8 Å². The molecule has 10 heteroatoms. The third kappa shape index (κ3) is 3.55. The molecule has 26 heavy (non-hydrogen) atoms. The first-order valence-corrected chi connectivity index (χ1v) is 8.06. The number of carbonyl (C=O) groups excluding carboxylic acids is 1. The van der Waals surface area contributed by atoms with Gasteiger partial charge in [-0.25, -0.2) is 0 Å². The van der Waals surface area contributed by atoms with E-state index in [-0.39, 0.29) is 40.6 Å². The molecule has 132 valence electrons. The second-order valence-corrected chi connectivity index (χ2v) is 6.12. The molecule has 1 amide bonds. The highest BCUT2D eigenvalue weighted by atomic mass is 127. The number of carbonyl (C=O) groups is 1. The van der Waals surface area contributed by atoms with Gasteiger partial charge in [0.2, 0.25) is 0 Å².